The monoisotopic (exact) mass is 421 g/mol. The Balaban J connectivity index is 1.35. The van der Waals surface area contributed by atoms with E-state index >= 15 is 0 Å². The van der Waals surface area contributed by atoms with E-state index in [0.29, 0.717) is 11.3 Å². The van der Waals surface area contributed by atoms with Gasteiger partial charge < -0.3 is 15.2 Å². The van der Waals surface area contributed by atoms with E-state index in [2.05, 4.69) is 15.8 Å². The molecule has 0 radical (unpaired) electrons. The van der Waals surface area contributed by atoms with E-state index in [1.165, 1.54) is 25.7 Å². The van der Waals surface area contributed by atoms with Crippen LogP contribution in [0.25, 0.3) is 0 Å². The van der Waals surface area contributed by atoms with Crippen LogP contribution in [0, 0.1) is 12.8 Å². The van der Waals surface area contributed by atoms with E-state index in [4.69, 9.17) is 4.52 Å². The topological polar surface area (TPSA) is 67.2 Å². The van der Waals surface area contributed by atoms with E-state index in [1.54, 1.807) is 11.8 Å². The second-order valence-corrected chi connectivity index (χ2v) is 8.80. The van der Waals surface area contributed by atoms with Gasteiger partial charge in [-0.2, -0.15) is 0 Å². The molecule has 3 aromatic rings. The van der Waals surface area contributed by atoms with E-state index in [-0.39, 0.29) is 5.91 Å². The van der Waals surface area contributed by atoms with Crippen LogP contribution in [0.4, 0.5) is 11.4 Å². The van der Waals surface area contributed by atoms with Crippen LogP contribution in [-0.2, 0) is 5.75 Å². The van der Waals surface area contributed by atoms with Crippen LogP contribution in [0.1, 0.15) is 47.5 Å². The van der Waals surface area contributed by atoms with Crippen LogP contribution >= 0.6 is 11.8 Å². The Morgan fingerprint density at radius 1 is 1.10 bits per heavy atom. The molecule has 2 aromatic carbocycles. The van der Waals surface area contributed by atoms with E-state index in [0.717, 1.165) is 40.2 Å². The number of benzene rings is 2. The molecule has 156 valence electrons. The standard InChI is InChI=1S/C24H27N3O2S/c1-17-14-21(29-27-17)16-30-23-9-5-4-8-22(23)24(28)26-20-12-10-19(11-13-20)25-15-18-6-2-3-7-18/h4-5,8-14,18,25H,2-3,6-7,15-16H2,1H3,(H,26,28). The lowest BCUT2D eigenvalue weighted by Crippen LogP contribution is -2.13. The largest absolute Gasteiger partial charge is 0.385 e. The molecule has 0 unspecified atom stereocenters. The van der Waals surface area contributed by atoms with Crippen molar-refractivity contribution in [3.05, 3.63) is 71.6 Å². The number of carbonyl (C=O) groups excluding carboxylic acids is 1. The maximum absolute atomic E-state index is 12.9. The number of hydrogen-bond acceptors (Lipinski definition) is 5. The Morgan fingerprint density at radius 2 is 1.83 bits per heavy atom. The summed E-state index contributed by atoms with van der Waals surface area (Å²) in [6.45, 7) is 2.93. The zero-order chi connectivity index (χ0) is 20.8. The van der Waals surface area contributed by atoms with Gasteiger partial charge in [-0.15, -0.1) is 11.8 Å². The minimum atomic E-state index is -0.112. The Hall–Kier alpha value is -2.73. The third-order valence-corrected chi connectivity index (χ3v) is 6.49. The highest BCUT2D eigenvalue weighted by Gasteiger charge is 2.15. The predicted molar refractivity (Wildman–Crippen MR) is 122 cm³/mol. The number of nitrogens with zero attached hydrogens (tertiary/aromatic N) is 1. The average molecular weight is 422 g/mol. The van der Waals surface area contributed by atoms with Crippen LogP contribution in [-0.4, -0.2) is 17.6 Å². The molecule has 2 N–H and O–H groups in total. The fourth-order valence-corrected chi connectivity index (χ4v) is 4.68. The first-order valence-electron chi connectivity index (χ1n) is 10.5. The first kappa shape index (κ1) is 20.5. The van der Waals surface area contributed by atoms with Crippen molar-refractivity contribution in [2.45, 2.75) is 43.3 Å². The number of carbonyl (C=O) groups is 1. The summed E-state index contributed by atoms with van der Waals surface area (Å²) in [5.41, 5.74) is 3.40. The number of anilines is 2. The zero-order valence-corrected chi connectivity index (χ0v) is 18.0. The van der Waals surface area contributed by atoms with E-state index < -0.39 is 0 Å². The summed E-state index contributed by atoms with van der Waals surface area (Å²) < 4.78 is 5.27. The summed E-state index contributed by atoms with van der Waals surface area (Å²) >= 11 is 1.57. The SMILES string of the molecule is Cc1cc(CSc2ccccc2C(=O)Nc2ccc(NCC3CCCC3)cc2)on1. The first-order valence-corrected chi connectivity index (χ1v) is 11.5. The molecule has 1 amide bonds. The molecule has 6 heteroatoms. The van der Waals surface area contributed by atoms with Crippen molar-refractivity contribution >= 4 is 29.0 Å². The number of nitrogens with one attached hydrogen (secondary N) is 2. The number of hydrogen-bond donors (Lipinski definition) is 2. The summed E-state index contributed by atoms with van der Waals surface area (Å²) in [7, 11) is 0. The molecule has 1 saturated carbocycles. The highest BCUT2D eigenvalue weighted by Crippen LogP contribution is 2.28. The van der Waals surface area contributed by atoms with E-state index in [9.17, 15) is 4.79 Å². The quantitative estimate of drug-likeness (QED) is 0.428. The van der Waals surface area contributed by atoms with Crippen molar-refractivity contribution in [2.24, 2.45) is 5.92 Å². The van der Waals surface area contributed by atoms with Gasteiger partial charge in [0.25, 0.3) is 5.91 Å². The van der Waals surface area contributed by atoms with Gasteiger partial charge in [-0.1, -0.05) is 30.1 Å². The van der Waals surface area contributed by atoms with Gasteiger partial charge in [0.05, 0.1) is 17.0 Å². The number of thioether (sulfide) groups is 1. The lowest BCUT2D eigenvalue weighted by molar-refractivity contribution is 0.102. The summed E-state index contributed by atoms with van der Waals surface area (Å²) in [6.07, 6.45) is 5.37. The molecule has 0 bridgehead atoms. The predicted octanol–water partition coefficient (Wildman–Crippen LogP) is 6.13. The van der Waals surface area contributed by atoms with Crippen LogP contribution in [0.5, 0.6) is 0 Å². The molecule has 1 aliphatic carbocycles. The second-order valence-electron chi connectivity index (χ2n) is 7.78. The smallest absolute Gasteiger partial charge is 0.256 e. The lowest BCUT2D eigenvalue weighted by Gasteiger charge is -2.13. The molecule has 1 fully saturated rings. The Bertz CT molecular complexity index is 978. The maximum atomic E-state index is 12.9. The van der Waals surface area contributed by atoms with Crippen molar-refractivity contribution in [1.29, 1.82) is 0 Å². The summed E-state index contributed by atoms with van der Waals surface area (Å²) in [4.78, 5) is 13.8. The Labute approximate surface area is 181 Å². The van der Waals surface area contributed by atoms with Crippen LogP contribution < -0.4 is 10.6 Å². The van der Waals surface area contributed by atoms with Gasteiger partial charge in [-0.3, -0.25) is 4.79 Å². The molecule has 1 heterocycles. The van der Waals surface area contributed by atoms with Crippen LogP contribution in [0.3, 0.4) is 0 Å². The molecule has 1 aliphatic rings. The minimum Gasteiger partial charge on any atom is -0.385 e. The fraction of sp³-hybridized carbons (Fsp3) is 0.333. The number of aromatic nitrogens is 1. The molecule has 0 spiro atoms. The maximum Gasteiger partial charge on any atom is 0.256 e. The molecule has 0 atom stereocenters. The number of amides is 1. The molecular weight excluding hydrogens is 394 g/mol. The molecule has 0 aliphatic heterocycles. The lowest BCUT2D eigenvalue weighted by atomic mass is 10.1. The zero-order valence-electron chi connectivity index (χ0n) is 17.2. The Morgan fingerprint density at radius 3 is 2.57 bits per heavy atom. The first-order chi connectivity index (χ1) is 14.7. The summed E-state index contributed by atoms with van der Waals surface area (Å²) in [6, 6.07) is 17.5. The van der Waals surface area contributed by atoms with E-state index in [1.807, 2.05) is 61.5 Å². The van der Waals surface area contributed by atoms with Crippen molar-refractivity contribution in [1.82, 2.24) is 5.16 Å². The van der Waals surface area contributed by atoms with Crippen LogP contribution in [0.2, 0.25) is 0 Å². The van der Waals surface area contributed by atoms with Gasteiger partial charge in [0.15, 0.2) is 0 Å². The van der Waals surface area contributed by atoms with Gasteiger partial charge in [-0.05, 0) is 62.1 Å². The third-order valence-electron chi connectivity index (χ3n) is 5.39. The Kier molecular flexibility index (Phi) is 6.74. The van der Waals surface area contributed by atoms with Gasteiger partial charge >= 0.3 is 0 Å². The van der Waals surface area contributed by atoms with Gasteiger partial charge in [-0.25, -0.2) is 0 Å². The van der Waals surface area contributed by atoms with Gasteiger partial charge in [0.2, 0.25) is 0 Å². The van der Waals surface area contributed by atoms with Crippen molar-refractivity contribution in [3.8, 4) is 0 Å². The summed E-state index contributed by atoms with van der Waals surface area (Å²) in [5.74, 6) is 2.11. The van der Waals surface area contributed by atoms with Crippen molar-refractivity contribution < 1.29 is 9.32 Å². The number of rotatable bonds is 8. The average Bonchev–Trinajstić information content (AvgIpc) is 3.43. The number of aryl methyl sites for hydroxylation is 1. The van der Waals surface area contributed by atoms with Crippen molar-refractivity contribution in [3.63, 3.8) is 0 Å². The second kappa shape index (κ2) is 9.85. The molecule has 30 heavy (non-hydrogen) atoms. The molecule has 1 aromatic heterocycles. The highest BCUT2D eigenvalue weighted by atomic mass is 32.2. The molecule has 0 saturated heterocycles. The third kappa shape index (κ3) is 5.45. The molecular formula is C24H27N3O2S. The highest BCUT2D eigenvalue weighted by molar-refractivity contribution is 7.98. The molecule has 5 nitrogen and oxygen atoms in total. The molecule has 4 rings (SSSR count). The fourth-order valence-electron chi connectivity index (χ4n) is 3.76. The van der Waals surface area contributed by atoms with Gasteiger partial charge in [0.1, 0.15) is 5.76 Å². The van der Waals surface area contributed by atoms with Crippen molar-refractivity contribution in [2.75, 3.05) is 17.2 Å². The van der Waals surface area contributed by atoms with Crippen LogP contribution in [0.15, 0.2) is 64.0 Å². The minimum absolute atomic E-state index is 0.112. The normalized spacial score (nSPS) is 14.0. The van der Waals surface area contributed by atoms with Gasteiger partial charge in [0, 0.05) is 28.9 Å². The summed E-state index contributed by atoms with van der Waals surface area (Å²) in [5, 5.41) is 10.4.